The Bertz CT molecular complexity index is 1200. The van der Waals surface area contributed by atoms with Crippen LogP contribution in [0.25, 0.3) is 11.4 Å². The number of rotatable bonds is 5. The van der Waals surface area contributed by atoms with Gasteiger partial charge in [0, 0.05) is 5.92 Å². The van der Waals surface area contributed by atoms with Crippen LogP contribution >= 0.6 is 0 Å². The predicted molar refractivity (Wildman–Crippen MR) is 114 cm³/mol. The summed E-state index contributed by atoms with van der Waals surface area (Å²) in [4.78, 5) is 13.1. The van der Waals surface area contributed by atoms with E-state index in [1.807, 2.05) is 68.4 Å². The van der Waals surface area contributed by atoms with Crippen LogP contribution in [0.3, 0.4) is 0 Å². The molecule has 1 aliphatic carbocycles. The van der Waals surface area contributed by atoms with Crippen LogP contribution in [0.4, 0.5) is 5.69 Å². The van der Waals surface area contributed by atoms with E-state index >= 15 is 0 Å². The summed E-state index contributed by atoms with van der Waals surface area (Å²) in [6, 6.07) is 17.9. The Hall–Kier alpha value is -3.74. The Kier molecular flexibility index (Phi) is 4.43. The number of hydrogen-bond acceptors (Lipinski definition) is 4. The summed E-state index contributed by atoms with van der Waals surface area (Å²) in [5.41, 5.74) is 5.82. The van der Waals surface area contributed by atoms with Crippen molar-refractivity contribution in [2.75, 3.05) is 5.32 Å². The Morgan fingerprint density at radius 3 is 2.37 bits per heavy atom. The van der Waals surface area contributed by atoms with Gasteiger partial charge in [-0.25, -0.2) is 9.36 Å². The molecule has 0 aliphatic heterocycles. The molecule has 150 valence electrons. The third-order valence-corrected chi connectivity index (χ3v) is 5.42. The summed E-state index contributed by atoms with van der Waals surface area (Å²) in [5.74, 6) is 0.0566. The van der Waals surface area contributed by atoms with E-state index in [-0.39, 0.29) is 5.91 Å². The van der Waals surface area contributed by atoms with E-state index in [1.165, 1.54) is 5.56 Å². The van der Waals surface area contributed by atoms with Crippen LogP contribution < -0.4 is 5.32 Å². The van der Waals surface area contributed by atoms with Crippen LogP contribution in [0.1, 0.15) is 46.2 Å². The van der Waals surface area contributed by atoms with Gasteiger partial charge in [-0.15, -0.1) is 5.10 Å². The molecule has 1 aliphatic rings. The summed E-state index contributed by atoms with van der Waals surface area (Å²) >= 11 is 0. The fraction of sp³-hybridized carbons (Fsp3) is 0.217. The molecule has 1 amide bonds. The van der Waals surface area contributed by atoms with Crippen molar-refractivity contribution in [3.63, 3.8) is 0 Å². The zero-order valence-electron chi connectivity index (χ0n) is 16.9. The van der Waals surface area contributed by atoms with Crippen LogP contribution in [0.15, 0.2) is 60.8 Å². The first kappa shape index (κ1) is 18.3. The molecule has 1 fully saturated rings. The monoisotopic (exact) mass is 398 g/mol. The van der Waals surface area contributed by atoms with Gasteiger partial charge in [0.05, 0.1) is 34.6 Å². The van der Waals surface area contributed by atoms with Crippen LogP contribution in [0.2, 0.25) is 0 Å². The average Bonchev–Trinajstić information content (AvgIpc) is 3.41. The molecule has 0 unspecified atom stereocenters. The van der Waals surface area contributed by atoms with Crippen molar-refractivity contribution < 1.29 is 4.79 Å². The van der Waals surface area contributed by atoms with Gasteiger partial charge in [-0.1, -0.05) is 41.1 Å². The number of carbonyl (C=O) groups is 1. The lowest BCUT2D eigenvalue weighted by molar-refractivity contribution is 0.102. The number of nitrogens with zero attached hydrogens (tertiary/aromatic N) is 5. The third kappa shape index (κ3) is 3.28. The summed E-state index contributed by atoms with van der Waals surface area (Å²) < 4.78 is 3.60. The number of hydrogen-bond donors (Lipinski definition) is 1. The molecule has 0 atom stereocenters. The molecule has 0 bridgehead atoms. The molecule has 7 heteroatoms. The highest BCUT2D eigenvalue weighted by Gasteiger charge is 2.34. The topological polar surface area (TPSA) is 77.6 Å². The Balaban J connectivity index is 1.45. The number of nitrogens with one attached hydrogen (secondary N) is 1. The molecule has 1 saturated carbocycles. The second-order valence-corrected chi connectivity index (χ2v) is 7.69. The largest absolute Gasteiger partial charge is 0.318 e. The second kappa shape index (κ2) is 7.26. The Morgan fingerprint density at radius 1 is 0.967 bits per heavy atom. The van der Waals surface area contributed by atoms with Gasteiger partial charge in [-0.05, 0) is 51.0 Å². The zero-order chi connectivity index (χ0) is 20.7. The van der Waals surface area contributed by atoms with Crippen LogP contribution in [0.5, 0.6) is 0 Å². The minimum Gasteiger partial charge on any atom is -0.318 e. The highest BCUT2D eigenvalue weighted by atomic mass is 16.2. The fourth-order valence-electron chi connectivity index (χ4n) is 3.59. The van der Waals surface area contributed by atoms with Crippen molar-refractivity contribution in [2.24, 2.45) is 0 Å². The minimum atomic E-state index is -0.258. The number of anilines is 1. The van der Waals surface area contributed by atoms with Gasteiger partial charge in [0.25, 0.3) is 5.91 Å². The summed E-state index contributed by atoms with van der Waals surface area (Å²) in [5, 5.41) is 15.9. The number of benzene rings is 2. The summed E-state index contributed by atoms with van der Waals surface area (Å²) in [7, 11) is 0. The number of aromatic nitrogens is 5. The van der Waals surface area contributed by atoms with E-state index in [0.29, 0.717) is 17.3 Å². The van der Waals surface area contributed by atoms with Gasteiger partial charge in [0.1, 0.15) is 0 Å². The smallest absolute Gasteiger partial charge is 0.278 e. The van der Waals surface area contributed by atoms with Gasteiger partial charge >= 0.3 is 0 Å². The first-order chi connectivity index (χ1) is 14.6. The van der Waals surface area contributed by atoms with Crippen LogP contribution in [-0.2, 0) is 0 Å². The predicted octanol–water partition coefficient (Wildman–Crippen LogP) is 4.20. The zero-order valence-corrected chi connectivity index (χ0v) is 16.9. The van der Waals surface area contributed by atoms with Gasteiger partial charge in [0.15, 0.2) is 5.69 Å². The maximum atomic E-state index is 13.1. The molecule has 0 spiro atoms. The van der Waals surface area contributed by atoms with Crippen LogP contribution in [-0.4, -0.2) is 30.7 Å². The first-order valence-corrected chi connectivity index (χ1v) is 10.1. The maximum absolute atomic E-state index is 13.1. The van der Waals surface area contributed by atoms with E-state index in [9.17, 15) is 4.79 Å². The van der Waals surface area contributed by atoms with Crippen molar-refractivity contribution in [1.82, 2.24) is 24.8 Å². The highest BCUT2D eigenvalue weighted by molar-refractivity contribution is 6.04. The van der Waals surface area contributed by atoms with Gasteiger partial charge in [-0.3, -0.25) is 4.79 Å². The summed E-state index contributed by atoms with van der Waals surface area (Å²) in [6.07, 6.45) is 3.76. The molecule has 1 N–H and O–H groups in total. The van der Waals surface area contributed by atoms with Gasteiger partial charge in [-0.2, -0.15) is 5.10 Å². The second-order valence-electron chi connectivity index (χ2n) is 7.69. The van der Waals surface area contributed by atoms with Gasteiger partial charge < -0.3 is 5.32 Å². The normalized spacial score (nSPS) is 13.4. The number of carbonyl (C=O) groups excluding carboxylic acids is 1. The van der Waals surface area contributed by atoms with Crippen molar-refractivity contribution in [3.05, 3.63) is 83.4 Å². The fourth-order valence-corrected chi connectivity index (χ4v) is 3.59. The lowest BCUT2D eigenvalue weighted by Gasteiger charge is -2.08. The molecule has 0 radical (unpaired) electrons. The summed E-state index contributed by atoms with van der Waals surface area (Å²) in [6.45, 7) is 3.98. The highest BCUT2D eigenvalue weighted by Crippen LogP contribution is 2.42. The lowest BCUT2D eigenvalue weighted by atomic mass is 10.2. The molecule has 0 saturated heterocycles. The number of amides is 1. The average molecular weight is 398 g/mol. The van der Waals surface area contributed by atoms with Gasteiger partial charge in [0.2, 0.25) is 0 Å². The molecule has 2 aromatic heterocycles. The van der Waals surface area contributed by atoms with E-state index in [0.717, 1.165) is 35.6 Å². The van der Waals surface area contributed by atoms with E-state index in [4.69, 9.17) is 0 Å². The molecule has 2 heterocycles. The van der Waals surface area contributed by atoms with Crippen molar-refractivity contribution in [3.8, 4) is 11.4 Å². The molecular weight excluding hydrogens is 376 g/mol. The van der Waals surface area contributed by atoms with E-state index in [2.05, 4.69) is 20.7 Å². The third-order valence-electron chi connectivity index (χ3n) is 5.42. The molecule has 5 rings (SSSR count). The SMILES string of the molecule is Cc1ccc(-n2nnc(C(=O)Nc3cnn(-c4ccccc4)c3C)c2C2CC2)cc1. The molecule has 4 aromatic rings. The molecule has 2 aromatic carbocycles. The lowest BCUT2D eigenvalue weighted by Crippen LogP contribution is -2.15. The minimum absolute atomic E-state index is 0.258. The quantitative estimate of drug-likeness (QED) is 0.547. The molecular formula is C23H22N6O. The molecule has 7 nitrogen and oxygen atoms in total. The van der Waals surface area contributed by atoms with Crippen molar-refractivity contribution in [2.45, 2.75) is 32.6 Å². The maximum Gasteiger partial charge on any atom is 0.278 e. The van der Waals surface area contributed by atoms with Crippen LogP contribution in [0, 0.1) is 13.8 Å². The standard InChI is InChI=1S/C23H22N6O/c1-15-8-12-19(13-9-15)29-22(17-10-11-17)21(26-27-29)23(30)25-20-14-24-28(16(20)2)18-6-4-3-5-7-18/h3-9,12-14,17H,10-11H2,1-2H3,(H,25,30). The van der Waals surface area contributed by atoms with E-state index in [1.54, 1.807) is 15.6 Å². The number of aryl methyl sites for hydroxylation is 1. The molecule has 30 heavy (non-hydrogen) atoms. The number of para-hydroxylation sites is 1. The first-order valence-electron chi connectivity index (χ1n) is 10.1. The van der Waals surface area contributed by atoms with Crippen molar-refractivity contribution >= 4 is 11.6 Å². The van der Waals surface area contributed by atoms with E-state index < -0.39 is 0 Å². The Labute approximate surface area is 174 Å². The van der Waals surface area contributed by atoms with Crippen molar-refractivity contribution in [1.29, 1.82) is 0 Å². The Morgan fingerprint density at radius 2 is 1.67 bits per heavy atom.